The zero-order valence-electron chi connectivity index (χ0n) is 14.7. The molecule has 6 nitrogen and oxygen atoms in total. The zero-order valence-corrected chi connectivity index (χ0v) is 16.3. The Morgan fingerprint density at radius 1 is 1.22 bits per heavy atom. The first-order valence-corrected chi connectivity index (χ1v) is 10.1. The number of benzene rings is 1. The number of aromatic hydroxyl groups is 1. The van der Waals surface area contributed by atoms with Gasteiger partial charge >= 0.3 is 0 Å². The summed E-state index contributed by atoms with van der Waals surface area (Å²) >= 11 is 3.28. The van der Waals surface area contributed by atoms with Crippen LogP contribution in [0.25, 0.3) is 0 Å². The van der Waals surface area contributed by atoms with E-state index in [0.29, 0.717) is 34.2 Å². The van der Waals surface area contributed by atoms with Crippen molar-refractivity contribution in [3.05, 3.63) is 34.3 Å². The summed E-state index contributed by atoms with van der Waals surface area (Å²) in [6.45, 7) is 2.23. The SMILES string of the molecule is CCOc1cc(/C=N/N2C(=O)[C@@H]3[C@@H]4C=C[C@@H]([C@@H]5C[C@H]45)[C@@H]3C2=O)cc(Br)c1O. The number of allylic oxidation sites excluding steroid dienone is 2. The van der Waals surface area contributed by atoms with E-state index in [0.717, 1.165) is 11.4 Å². The van der Waals surface area contributed by atoms with E-state index in [4.69, 9.17) is 4.74 Å². The molecule has 5 aliphatic rings. The molecule has 1 heterocycles. The van der Waals surface area contributed by atoms with Gasteiger partial charge in [0.25, 0.3) is 11.8 Å². The molecule has 4 aliphatic carbocycles. The van der Waals surface area contributed by atoms with Crippen molar-refractivity contribution >= 4 is 34.0 Å². The second-order valence-electron chi connectivity index (χ2n) is 7.67. The van der Waals surface area contributed by atoms with Crippen molar-refractivity contribution < 1.29 is 19.4 Å². The minimum absolute atomic E-state index is 0.00946. The number of halogens is 1. The van der Waals surface area contributed by atoms with Crippen LogP contribution in [0, 0.1) is 35.5 Å². The monoisotopic (exact) mass is 430 g/mol. The second-order valence-corrected chi connectivity index (χ2v) is 8.52. The molecular formula is C20H19BrN2O4. The molecule has 0 radical (unpaired) electrons. The Labute approximate surface area is 165 Å². The molecule has 2 bridgehead atoms. The largest absolute Gasteiger partial charge is 0.503 e. The average molecular weight is 431 g/mol. The third kappa shape index (κ3) is 2.40. The van der Waals surface area contributed by atoms with Crippen molar-refractivity contribution in [1.29, 1.82) is 0 Å². The van der Waals surface area contributed by atoms with Gasteiger partial charge in [-0.1, -0.05) is 12.2 Å². The number of imide groups is 1. The van der Waals surface area contributed by atoms with Crippen LogP contribution in [-0.2, 0) is 9.59 Å². The third-order valence-electron chi connectivity index (χ3n) is 6.31. The standard InChI is InChI=1S/C20H19BrN2O4/c1-2-27-15-6-9(5-14(21)18(15)24)8-22-23-19(25)16-10-3-4-11(13-7-12(10)13)17(16)20(23)26/h3-6,8,10-13,16-17,24H,2,7H2,1H3/b22-8+/t10-,11+,12-,13+,16-,17+. The van der Waals surface area contributed by atoms with Crippen LogP contribution in [0.15, 0.2) is 33.9 Å². The highest BCUT2D eigenvalue weighted by Gasteiger charge is 2.67. The van der Waals surface area contributed by atoms with Crippen LogP contribution in [0.5, 0.6) is 11.5 Å². The van der Waals surface area contributed by atoms with Crippen molar-refractivity contribution in [3.8, 4) is 11.5 Å². The van der Waals surface area contributed by atoms with Crippen LogP contribution in [0.1, 0.15) is 18.9 Å². The first-order chi connectivity index (χ1) is 13.0. The number of hydrogen-bond acceptors (Lipinski definition) is 5. The number of amides is 2. The number of carbonyl (C=O) groups is 2. The van der Waals surface area contributed by atoms with Crippen molar-refractivity contribution in [2.24, 2.45) is 40.6 Å². The number of phenolic OH excluding ortho intramolecular Hbond substituents is 1. The maximum Gasteiger partial charge on any atom is 0.254 e. The molecule has 140 valence electrons. The number of phenols is 1. The average Bonchev–Trinajstić information content (AvgIpc) is 3.43. The van der Waals surface area contributed by atoms with Gasteiger partial charge in [0, 0.05) is 0 Å². The molecule has 6 rings (SSSR count). The summed E-state index contributed by atoms with van der Waals surface area (Å²) in [6, 6.07) is 3.30. The topological polar surface area (TPSA) is 79.2 Å². The first-order valence-electron chi connectivity index (χ1n) is 9.26. The lowest BCUT2D eigenvalue weighted by Crippen LogP contribution is -2.40. The first kappa shape index (κ1) is 17.0. The van der Waals surface area contributed by atoms with Crippen molar-refractivity contribution in [2.75, 3.05) is 6.61 Å². The van der Waals surface area contributed by atoms with E-state index in [1.165, 1.54) is 6.21 Å². The summed E-state index contributed by atoms with van der Waals surface area (Å²) in [6.07, 6.45) is 6.89. The minimum Gasteiger partial charge on any atom is -0.503 e. The van der Waals surface area contributed by atoms with Crippen molar-refractivity contribution in [1.82, 2.24) is 5.01 Å². The fraction of sp³-hybridized carbons (Fsp3) is 0.450. The Morgan fingerprint density at radius 3 is 2.44 bits per heavy atom. The summed E-state index contributed by atoms with van der Waals surface area (Å²) in [4.78, 5) is 25.8. The fourth-order valence-corrected chi connectivity index (χ4v) is 5.57. The predicted molar refractivity (Wildman–Crippen MR) is 101 cm³/mol. The van der Waals surface area contributed by atoms with Gasteiger partial charge in [-0.15, -0.1) is 0 Å². The highest BCUT2D eigenvalue weighted by atomic mass is 79.9. The van der Waals surface area contributed by atoms with Gasteiger partial charge in [-0.05, 0) is 70.6 Å². The van der Waals surface area contributed by atoms with Crippen molar-refractivity contribution in [3.63, 3.8) is 0 Å². The second kappa shape index (κ2) is 5.92. The van der Waals surface area contributed by atoms with Crippen LogP contribution in [0.4, 0.5) is 0 Å². The van der Waals surface area contributed by atoms with E-state index >= 15 is 0 Å². The quantitative estimate of drug-likeness (QED) is 0.452. The maximum atomic E-state index is 12.9. The molecule has 1 saturated heterocycles. The Hall–Kier alpha value is -2.15. The Bertz CT molecular complexity index is 875. The summed E-state index contributed by atoms with van der Waals surface area (Å²) in [5.41, 5.74) is 0.627. The van der Waals surface area contributed by atoms with Gasteiger partial charge in [-0.25, -0.2) is 0 Å². The molecule has 1 aromatic carbocycles. The van der Waals surface area contributed by atoms with Crippen LogP contribution < -0.4 is 4.74 Å². The molecule has 0 aromatic heterocycles. The molecule has 1 N–H and O–H groups in total. The van der Waals surface area contributed by atoms with E-state index in [-0.39, 0.29) is 41.2 Å². The van der Waals surface area contributed by atoms with E-state index in [1.54, 1.807) is 12.1 Å². The van der Waals surface area contributed by atoms with Crippen LogP contribution >= 0.6 is 15.9 Å². The molecule has 7 heteroatoms. The lowest BCUT2D eigenvalue weighted by molar-refractivity contribution is -0.140. The van der Waals surface area contributed by atoms with Gasteiger partial charge in [0.1, 0.15) is 0 Å². The molecular weight excluding hydrogens is 412 g/mol. The van der Waals surface area contributed by atoms with Gasteiger partial charge < -0.3 is 9.84 Å². The van der Waals surface area contributed by atoms with Gasteiger partial charge in [0.2, 0.25) is 0 Å². The summed E-state index contributed by atoms with van der Waals surface area (Å²) in [5, 5.41) is 15.3. The fourth-order valence-electron chi connectivity index (χ4n) is 5.11. The van der Waals surface area contributed by atoms with E-state index in [9.17, 15) is 14.7 Å². The normalized spacial score (nSPS) is 35.7. The van der Waals surface area contributed by atoms with E-state index < -0.39 is 0 Å². The minimum atomic E-state index is -0.251. The number of hydrogen-bond donors (Lipinski definition) is 1. The van der Waals surface area contributed by atoms with Gasteiger partial charge in [-0.3, -0.25) is 9.59 Å². The molecule has 3 fully saturated rings. The predicted octanol–water partition coefficient (Wildman–Crippen LogP) is 2.94. The van der Waals surface area contributed by atoms with Gasteiger partial charge in [-0.2, -0.15) is 10.1 Å². The summed E-state index contributed by atoms with van der Waals surface area (Å²) < 4.78 is 5.87. The molecule has 0 spiro atoms. The number of ether oxygens (including phenoxy) is 1. The Morgan fingerprint density at radius 2 is 1.85 bits per heavy atom. The lowest BCUT2D eigenvalue weighted by Gasteiger charge is -2.37. The summed E-state index contributed by atoms with van der Waals surface area (Å²) in [5.74, 6) is 0.981. The molecule has 1 aliphatic heterocycles. The number of rotatable bonds is 4. The van der Waals surface area contributed by atoms with E-state index in [1.807, 2.05) is 6.92 Å². The number of hydrazone groups is 1. The van der Waals surface area contributed by atoms with Crippen LogP contribution in [0.3, 0.4) is 0 Å². The van der Waals surface area contributed by atoms with Gasteiger partial charge in [0.05, 0.1) is 29.1 Å². The number of nitrogens with zero attached hydrogens (tertiary/aromatic N) is 2. The molecule has 2 saturated carbocycles. The maximum absolute atomic E-state index is 12.9. The van der Waals surface area contributed by atoms with Crippen LogP contribution in [-0.4, -0.2) is 34.8 Å². The number of carbonyl (C=O) groups excluding carboxylic acids is 2. The zero-order chi connectivity index (χ0) is 18.9. The molecule has 1 aromatic rings. The highest BCUT2D eigenvalue weighted by molar-refractivity contribution is 9.10. The third-order valence-corrected chi connectivity index (χ3v) is 6.92. The Balaban J connectivity index is 1.42. The molecule has 6 atom stereocenters. The molecule has 2 amide bonds. The smallest absolute Gasteiger partial charge is 0.254 e. The highest BCUT2D eigenvalue weighted by Crippen LogP contribution is 2.65. The molecule has 27 heavy (non-hydrogen) atoms. The van der Waals surface area contributed by atoms with E-state index in [2.05, 4.69) is 33.2 Å². The summed E-state index contributed by atoms with van der Waals surface area (Å²) in [7, 11) is 0. The lowest BCUT2D eigenvalue weighted by atomic mass is 9.63. The van der Waals surface area contributed by atoms with Crippen LogP contribution in [0.2, 0.25) is 0 Å². The van der Waals surface area contributed by atoms with Crippen molar-refractivity contribution in [2.45, 2.75) is 13.3 Å². The Kier molecular flexibility index (Phi) is 3.73. The van der Waals surface area contributed by atoms with Gasteiger partial charge in [0.15, 0.2) is 11.5 Å². The molecule has 0 unspecified atom stereocenters.